The molecule has 0 aromatic carbocycles. The Labute approximate surface area is 87.5 Å². The van der Waals surface area contributed by atoms with Gasteiger partial charge >= 0.3 is 0 Å². The molecule has 0 unspecified atom stereocenters. The van der Waals surface area contributed by atoms with Crippen LogP contribution in [-0.4, -0.2) is 53.9 Å². The average molecular weight is 244 g/mol. The molecule has 0 aromatic heterocycles. The zero-order chi connectivity index (χ0) is 10.2. The molecule has 3 nitrogen and oxygen atoms in total. The first-order chi connectivity index (χ1) is 6.18. The minimum absolute atomic E-state index is 0.0405. The summed E-state index contributed by atoms with van der Waals surface area (Å²) in [6.45, 7) is -0.0809. The highest BCUT2D eigenvalue weighted by Crippen LogP contribution is 2.45. The van der Waals surface area contributed by atoms with E-state index in [1.54, 1.807) is 21.6 Å². The number of aliphatic hydroxyl groups excluding tert-OH is 2. The van der Waals surface area contributed by atoms with E-state index in [1.807, 2.05) is 6.26 Å². The largest absolute Gasteiger partial charge is 0.396 e. The lowest BCUT2D eigenvalue weighted by Crippen LogP contribution is -2.07. The van der Waals surface area contributed by atoms with Crippen molar-refractivity contribution >= 4 is 28.7 Å². The molecule has 0 saturated heterocycles. The Morgan fingerprint density at radius 1 is 1.15 bits per heavy atom. The van der Waals surface area contributed by atoms with E-state index in [9.17, 15) is 4.57 Å². The zero-order valence-corrected chi connectivity index (χ0v) is 10.3. The van der Waals surface area contributed by atoms with Crippen molar-refractivity contribution in [1.82, 2.24) is 0 Å². The maximum absolute atomic E-state index is 11.9. The molecule has 0 amide bonds. The summed E-state index contributed by atoms with van der Waals surface area (Å²) in [6.07, 6.45) is 3.30. The summed E-state index contributed by atoms with van der Waals surface area (Å²) in [7, 11) is 1.03. The van der Waals surface area contributed by atoms with Crippen LogP contribution >= 0.6 is 28.7 Å². The molecule has 0 spiro atoms. The number of rotatable bonds is 8. The summed E-state index contributed by atoms with van der Waals surface area (Å²) in [6, 6.07) is 0. The lowest BCUT2D eigenvalue weighted by molar-refractivity contribution is 0.312. The Kier molecular flexibility index (Phi) is 8.72. The van der Waals surface area contributed by atoms with Crippen molar-refractivity contribution in [3.8, 4) is 0 Å². The maximum Gasteiger partial charge on any atom is 0.0930 e. The Balaban J connectivity index is 3.85. The van der Waals surface area contributed by atoms with Crippen LogP contribution in [0.5, 0.6) is 0 Å². The zero-order valence-electron chi connectivity index (χ0n) is 7.81. The van der Waals surface area contributed by atoms with Crippen LogP contribution in [0.4, 0.5) is 0 Å². The van der Waals surface area contributed by atoms with E-state index in [2.05, 4.69) is 0 Å². The van der Waals surface area contributed by atoms with Crippen LogP contribution in [0.25, 0.3) is 0 Å². The molecule has 0 atom stereocenters. The minimum atomic E-state index is -2.28. The van der Waals surface area contributed by atoms with Crippen molar-refractivity contribution < 1.29 is 14.8 Å². The smallest absolute Gasteiger partial charge is 0.0930 e. The molecule has 0 fully saturated rings. The third-order valence-corrected chi connectivity index (χ3v) is 6.90. The maximum atomic E-state index is 11.9. The van der Waals surface area contributed by atoms with Gasteiger partial charge in [0.25, 0.3) is 0 Å². The number of hydrogen-bond donors (Lipinski definition) is 2. The molecule has 0 saturated carbocycles. The molecule has 2 N–H and O–H groups in total. The first kappa shape index (κ1) is 13.8. The van der Waals surface area contributed by atoms with Gasteiger partial charge in [-0.15, -0.1) is 0 Å². The van der Waals surface area contributed by atoms with Crippen LogP contribution in [-0.2, 0) is 4.57 Å². The Morgan fingerprint density at radius 2 is 1.69 bits per heavy atom. The fraction of sp³-hybridized carbons (Fsp3) is 1.00. The molecule has 0 aliphatic carbocycles. The van der Waals surface area contributed by atoms with Gasteiger partial charge in [-0.3, -0.25) is 0 Å². The summed E-state index contributed by atoms with van der Waals surface area (Å²) >= 11 is 0. The number of aliphatic hydroxyl groups is 2. The van der Waals surface area contributed by atoms with E-state index in [-0.39, 0.29) is 13.2 Å². The van der Waals surface area contributed by atoms with Crippen molar-refractivity contribution in [3.05, 3.63) is 0 Å². The van der Waals surface area contributed by atoms with Gasteiger partial charge in [0.1, 0.15) is 0 Å². The molecule has 0 radical (unpaired) electrons. The van der Waals surface area contributed by atoms with Crippen LogP contribution in [0, 0.1) is 0 Å². The van der Waals surface area contributed by atoms with Gasteiger partial charge in [0, 0.05) is 37.5 Å². The van der Waals surface area contributed by atoms with Crippen LogP contribution in [0.15, 0.2) is 0 Å². The quantitative estimate of drug-likeness (QED) is 0.383. The van der Waals surface area contributed by atoms with Gasteiger partial charge in [-0.25, -0.2) is 0 Å². The second-order valence-corrected chi connectivity index (χ2v) is 8.81. The topological polar surface area (TPSA) is 57.5 Å². The molecule has 0 rings (SSSR count). The van der Waals surface area contributed by atoms with Crippen LogP contribution in [0.3, 0.4) is 0 Å². The highest BCUT2D eigenvalue weighted by Gasteiger charge is 2.20. The third kappa shape index (κ3) is 6.86. The molecule has 6 heteroatoms. The Morgan fingerprint density at radius 3 is 2.08 bits per heavy atom. The highest BCUT2D eigenvalue weighted by atomic mass is 33.1. The third-order valence-electron chi connectivity index (χ3n) is 1.72. The first-order valence-corrected chi connectivity index (χ1v) is 9.12. The molecule has 0 bridgehead atoms. The molecule has 13 heavy (non-hydrogen) atoms. The molecule has 0 aliphatic heterocycles. The Bertz CT molecular complexity index is 156. The SMILES string of the molecule is CSSCCP(=O)(CCO)CCO. The predicted octanol–water partition coefficient (Wildman–Crippen LogP) is 1.35. The van der Waals surface area contributed by atoms with Crippen molar-refractivity contribution in [2.75, 3.05) is 43.7 Å². The van der Waals surface area contributed by atoms with Crippen molar-refractivity contribution in [2.24, 2.45) is 0 Å². The molecule has 0 aliphatic rings. The van der Waals surface area contributed by atoms with Crippen molar-refractivity contribution in [3.63, 3.8) is 0 Å². The highest BCUT2D eigenvalue weighted by molar-refractivity contribution is 8.76. The monoisotopic (exact) mass is 244 g/mol. The summed E-state index contributed by atoms with van der Waals surface area (Å²) in [4.78, 5) is 0. The van der Waals surface area contributed by atoms with Crippen molar-refractivity contribution in [2.45, 2.75) is 0 Å². The van der Waals surface area contributed by atoms with Crippen LogP contribution < -0.4 is 0 Å². The van der Waals surface area contributed by atoms with Gasteiger partial charge in [-0.05, 0) is 6.26 Å². The van der Waals surface area contributed by atoms with Gasteiger partial charge in [0.15, 0.2) is 0 Å². The molecule has 80 valence electrons. The standard InChI is InChI=1S/C7H17O3PS2/c1-12-13-7-6-11(10,4-2-8)5-3-9/h8-9H,2-7H2,1H3. The Hall–Kier alpha value is 0.850. The minimum Gasteiger partial charge on any atom is -0.396 e. The van der Waals surface area contributed by atoms with Gasteiger partial charge < -0.3 is 14.8 Å². The molecular formula is C7H17O3PS2. The fourth-order valence-electron chi connectivity index (χ4n) is 0.987. The van der Waals surface area contributed by atoms with Crippen LogP contribution in [0.1, 0.15) is 0 Å². The lowest BCUT2D eigenvalue weighted by Gasteiger charge is -2.15. The average Bonchev–Trinajstić information content (AvgIpc) is 2.05. The first-order valence-electron chi connectivity index (χ1n) is 4.13. The predicted molar refractivity (Wildman–Crippen MR) is 62.4 cm³/mol. The van der Waals surface area contributed by atoms with Gasteiger partial charge in [0.2, 0.25) is 0 Å². The fourth-order valence-corrected chi connectivity index (χ4v) is 5.35. The molecule has 0 heterocycles. The van der Waals surface area contributed by atoms with Gasteiger partial charge in [-0.1, -0.05) is 21.6 Å². The summed E-state index contributed by atoms with van der Waals surface area (Å²) < 4.78 is 11.9. The normalized spacial score (nSPS) is 11.9. The summed E-state index contributed by atoms with van der Waals surface area (Å²) in [5.41, 5.74) is 0. The van der Waals surface area contributed by atoms with Gasteiger partial charge in [0.05, 0.1) is 7.14 Å². The summed E-state index contributed by atoms with van der Waals surface area (Å²) in [5, 5.41) is 17.4. The molecule has 0 aromatic rings. The number of hydrogen-bond acceptors (Lipinski definition) is 5. The van der Waals surface area contributed by atoms with E-state index < -0.39 is 7.14 Å². The van der Waals surface area contributed by atoms with E-state index >= 15 is 0 Å². The van der Waals surface area contributed by atoms with Crippen LogP contribution in [0.2, 0.25) is 0 Å². The van der Waals surface area contributed by atoms with E-state index in [4.69, 9.17) is 10.2 Å². The molecular weight excluding hydrogens is 227 g/mol. The summed E-state index contributed by atoms with van der Waals surface area (Å²) in [5.74, 6) is 0.832. The second-order valence-electron chi connectivity index (χ2n) is 2.66. The van der Waals surface area contributed by atoms with Gasteiger partial charge in [-0.2, -0.15) is 0 Å². The van der Waals surface area contributed by atoms with Crippen molar-refractivity contribution in [1.29, 1.82) is 0 Å². The van der Waals surface area contributed by atoms with E-state index in [1.165, 1.54) is 0 Å². The second kappa shape index (κ2) is 8.18. The lowest BCUT2D eigenvalue weighted by atomic mass is 10.9. The van der Waals surface area contributed by atoms with E-state index in [0.717, 1.165) is 5.75 Å². The van der Waals surface area contributed by atoms with E-state index in [0.29, 0.717) is 18.5 Å².